The van der Waals surface area contributed by atoms with Gasteiger partial charge < -0.3 is 15.2 Å². The molecular weight excluding hydrogens is 221 g/mol. The SMILES string of the molecule is COCCNCC(C)(O)c1cc(F)ccc1C. The van der Waals surface area contributed by atoms with E-state index in [1.54, 1.807) is 20.1 Å². The van der Waals surface area contributed by atoms with Crippen molar-refractivity contribution in [1.29, 1.82) is 0 Å². The predicted octanol–water partition coefficient (Wildman–Crippen LogP) is 1.58. The smallest absolute Gasteiger partial charge is 0.123 e. The van der Waals surface area contributed by atoms with E-state index in [-0.39, 0.29) is 5.82 Å². The van der Waals surface area contributed by atoms with E-state index < -0.39 is 5.60 Å². The molecule has 1 unspecified atom stereocenters. The minimum absolute atomic E-state index is 0.331. The van der Waals surface area contributed by atoms with Crippen LogP contribution >= 0.6 is 0 Å². The quantitative estimate of drug-likeness (QED) is 0.743. The van der Waals surface area contributed by atoms with E-state index in [4.69, 9.17) is 4.74 Å². The molecule has 1 aromatic rings. The number of aryl methyl sites for hydroxylation is 1. The van der Waals surface area contributed by atoms with Crippen LogP contribution in [0.2, 0.25) is 0 Å². The molecule has 17 heavy (non-hydrogen) atoms. The van der Waals surface area contributed by atoms with Crippen molar-refractivity contribution in [1.82, 2.24) is 5.32 Å². The largest absolute Gasteiger partial charge is 0.384 e. The molecule has 0 aliphatic heterocycles. The third-order valence-electron chi connectivity index (χ3n) is 2.73. The van der Waals surface area contributed by atoms with E-state index >= 15 is 0 Å². The fourth-order valence-corrected chi connectivity index (χ4v) is 1.78. The molecule has 0 aliphatic carbocycles. The maximum atomic E-state index is 13.2. The molecule has 0 aliphatic rings. The Kier molecular flexibility index (Phi) is 5.05. The molecule has 0 saturated heterocycles. The van der Waals surface area contributed by atoms with E-state index in [1.807, 2.05) is 6.92 Å². The van der Waals surface area contributed by atoms with E-state index in [0.717, 1.165) is 5.56 Å². The molecule has 1 atom stereocenters. The first-order chi connectivity index (χ1) is 7.97. The fraction of sp³-hybridized carbons (Fsp3) is 0.538. The molecule has 0 radical (unpaired) electrons. The molecular formula is C13H20FNO2. The first kappa shape index (κ1) is 14.1. The zero-order valence-electron chi connectivity index (χ0n) is 10.6. The van der Waals surface area contributed by atoms with Crippen molar-refractivity contribution in [3.05, 3.63) is 35.1 Å². The molecule has 1 aromatic carbocycles. The van der Waals surface area contributed by atoms with Gasteiger partial charge in [0.05, 0.1) is 12.2 Å². The minimum Gasteiger partial charge on any atom is -0.384 e. The van der Waals surface area contributed by atoms with E-state index in [1.165, 1.54) is 12.1 Å². The van der Waals surface area contributed by atoms with Crippen LogP contribution < -0.4 is 5.32 Å². The lowest BCUT2D eigenvalue weighted by molar-refractivity contribution is 0.0540. The van der Waals surface area contributed by atoms with Gasteiger partial charge in [-0.1, -0.05) is 6.07 Å². The molecule has 0 heterocycles. The molecule has 0 spiro atoms. The monoisotopic (exact) mass is 241 g/mol. The predicted molar refractivity (Wildman–Crippen MR) is 65.5 cm³/mol. The molecule has 1 rings (SSSR count). The van der Waals surface area contributed by atoms with Gasteiger partial charge in [-0.2, -0.15) is 0 Å². The van der Waals surface area contributed by atoms with Gasteiger partial charge in [0.2, 0.25) is 0 Å². The summed E-state index contributed by atoms with van der Waals surface area (Å²) in [5.41, 5.74) is 0.410. The summed E-state index contributed by atoms with van der Waals surface area (Å²) in [6.45, 7) is 5.13. The molecule has 0 aromatic heterocycles. The topological polar surface area (TPSA) is 41.5 Å². The van der Waals surface area contributed by atoms with E-state index in [0.29, 0.717) is 25.3 Å². The highest BCUT2D eigenvalue weighted by Gasteiger charge is 2.24. The number of benzene rings is 1. The second kappa shape index (κ2) is 6.10. The lowest BCUT2D eigenvalue weighted by atomic mass is 9.92. The van der Waals surface area contributed by atoms with Crippen molar-refractivity contribution in [3.8, 4) is 0 Å². The van der Waals surface area contributed by atoms with E-state index in [2.05, 4.69) is 5.32 Å². The maximum absolute atomic E-state index is 13.2. The Hall–Kier alpha value is -0.970. The van der Waals surface area contributed by atoms with Crippen molar-refractivity contribution in [2.45, 2.75) is 19.4 Å². The van der Waals surface area contributed by atoms with Gasteiger partial charge >= 0.3 is 0 Å². The van der Waals surface area contributed by atoms with Crippen molar-refractivity contribution in [3.63, 3.8) is 0 Å². The van der Waals surface area contributed by atoms with Gasteiger partial charge in [-0.3, -0.25) is 0 Å². The first-order valence-corrected chi connectivity index (χ1v) is 5.66. The second-order valence-electron chi connectivity index (χ2n) is 4.40. The standard InChI is InChI=1S/C13H20FNO2/c1-10-4-5-11(14)8-12(10)13(2,16)9-15-6-7-17-3/h4-5,8,15-16H,6-7,9H2,1-3H3. The lowest BCUT2D eigenvalue weighted by Gasteiger charge is -2.26. The molecule has 0 saturated carbocycles. The van der Waals surface area contributed by atoms with Gasteiger partial charge in [0.15, 0.2) is 0 Å². The Morgan fingerprint density at radius 1 is 1.47 bits per heavy atom. The Bertz CT molecular complexity index is 366. The Morgan fingerprint density at radius 3 is 2.82 bits per heavy atom. The third-order valence-corrected chi connectivity index (χ3v) is 2.73. The summed E-state index contributed by atoms with van der Waals surface area (Å²) < 4.78 is 18.1. The van der Waals surface area contributed by atoms with Crippen LogP contribution in [0.5, 0.6) is 0 Å². The number of halogens is 1. The lowest BCUT2D eigenvalue weighted by Crippen LogP contribution is -2.37. The van der Waals surface area contributed by atoms with Gasteiger partial charge in [-0.15, -0.1) is 0 Å². The van der Waals surface area contributed by atoms with Crippen LogP contribution in [-0.4, -0.2) is 31.9 Å². The summed E-state index contributed by atoms with van der Waals surface area (Å²) in [5, 5.41) is 13.4. The molecule has 96 valence electrons. The summed E-state index contributed by atoms with van der Waals surface area (Å²) in [6.07, 6.45) is 0. The molecule has 2 N–H and O–H groups in total. The van der Waals surface area contributed by atoms with Crippen molar-refractivity contribution in [2.24, 2.45) is 0 Å². The third kappa shape index (κ3) is 4.07. The van der Waals surface area contributed by atoms with Gasteiger partial charge in [-0.05, 0) is 37.1 Å². The normalized spacial score (nSPS) is 14.6. The average Bonchev–Trinajstić information content (AvgIpc) is 2.28. The van der Waals surface area contributed by atoms with Crippen LogP contribution in [0.15, 0.2) is 18.2 Å². The number of nitrogens with one attached hydrogen (secondary N) is 1. The first-order valence-electron chi connectivity index (χ1n) is 5.66. The second-order valence-corrected chi connectivity index (χ2v) is 4.40. The zero-order chi connectivity index (χ0) is 12.9. The van der Waals surface area contributed by atoms with Crippen molar-refractivity contribution >= 4 is 0 Å². The Balaban J connectivity index is 2.71. The molecule has 4 heteroatoms. The van der Waals surface area contributed by atoms with Crippen LogP contribution in [0.4, 0.5) is 4.39 Å². The summed E-state index contributed by atoms with van der Waals surface area (Å²) in [6, 6.07) is 4.45. The minimum atomic E-state index is -1.08. The van der Waals surface area contributed by atoms with Gasteiger partial charge in [0.25, 0.3) is 0 Å². The van der Waals surface area contributed by atoms with E-state index in [9.17, 15) is 9.50 Å². The number of methoxy groups -OCH3 is 1. The van der Waals surface area contributed by atoms with Crippen molar-refractivity contribution < 1.29 is 14.2 Å². The van der Waals surface area contributed by atoms with Crippen LogP contribution in [0.25, 0.3) is 0 Å². The molecule has 0 amide bonds. The number of aliphatic hydroxyl groups is 1. The highest BCUT2D eigenvalue weighted by molar-refractivity contribution is 5.31. The average molecular weight is 241 g/mol. The Labute approximate surface area is 102 Å². The van der Waals surface area contributed by atoms with Crippen LogP contribution in [0, 0.1) is 12.7 Å². The van der Waals surface area contributed by atoms with Crippen LogP contribution in [-0.2, 0) is 10.3 Å². The summed E-state index contributed by atoms with van der Waals surface area (Å²) in [7, 11) is 1.62. The molecule has 0 fully saturated rings. The highest BCUT2D eigenvalue weighted by atomic mass is 19.1. The number of hydrogen-bond donors (Lipinski definition) is 2. The summed E-state index contributed by atoms with van der Waals surface area (Å²) in [5.74, 6) is -0.331. The summed E-state index contributed by atoms with van der Waals surface area (Å²) >= 11 is 0. The molecule has 3 nitrogen and oxygen atoms in total. The number of ether oxygens (including phenoxy) is 1. The van der Waals surface area contributed by atoms with Gasteiger partial charge in [0, 0.05) is 20.2 Å². The number of rotatable bonds is 6. The number of hydrogen-bond acceptors (Lipinski definition) is 3. The molecule has 0 bridgehead atoms. The van der Waals surface area contributed by atoms with Crippen LogP contribution in [0.3, 0.4) is 0 Å². The van der Waals surface area contributed by atoms with Crippen LogP contribution in [0.1, 0.15) is 18.1 Å². The fourth-order valence-electron chi connectivity index (χ4n) is 1.78. The van der Waals surface area contributed by atoms with Crippen molar-refractivity contribution in [2.75, 3.05) is 26.8 Å². The summed E-state index contributed by atoms with van der Waals surface area (Å²) in [4.78, 5) is 0. The Morgan fingerprint density at radius 2 is 2.18 bits per heavy atom. The zero-order valence-corrected chi connectivity index (χ0v) is 10.6. The maximum Gasteiger partial charge on any atom is 0.123 e. The van der Waals surface area contributed by atoms with Gasteiger partial charge in [0.1, 0.15) is 5.82 Å². The van der Waals surface area contributed by atoms with Gasteiger partial charge in [-0.25, -0.2) is 4.39 Å². The highest BCUT2D eigenvalue weighted by Crippen LogP contribution is 2.24.